The average Bonchev–Trinajstić information content (AvgIpc) is 3.53. The molecule has 0 spiro atoms. The Labute approximate surface area is 276 Å². The van der Waals surface area contributed by atoms with Gasteiger partial charge < -0.3 is 19.1 Å². The molecule has 15 heteroatoms. The molecule has 0 bridgehead atoms. The van der Waals surface area contributed by atoms with Crippen molar-refractivity contribution >= 4 is 35.1 Å². The first-order valence-electron chi connectivity index (χ1n) is 15.5. The monoisotopic (exact) mass is 673 g/mol. The maximum atomic E-state index is 15.6. The van der Waals surface area contributed by atoms with Crippen LogP contribution in [0.4, 0.5) is 39.5 Å². The summed E-state index contributed by atoms with van der Waals surface area (Å²) >= 11 is 0. The molecule has 3 aromatic rings. The number of aromatic nitrogens is 3. The number of carbonyl (C=O) groups excluding carboxylic acids is 3. The molecule has 0 N–H and O–H groups in total. The van der Waals surface area contributed by atoms with E-state index in [0.717, 1.165) is 22.6 Å². The molecule has 0 radical (unpaired) electrons. The van der Waals surface area contributed by atoms with Gasteiger partial charge in [0.05, 0.1) is 30.0 Å². The average molecular weight is 674 g/mol. The number of rotatable bonds is 6. The highest BCUT2D eigenvalue weighted by atomic mass is 19.4. The number of aryl methyl sites for hydroxylation is 2. The first-order valence-corrected chi connectivity index (χ1v) is 15.5. The highest BCUT2D eigenvalue weighted by Crippen LogP contribution is 2.37. The molecule has 2 aliphatic heterocycles. The van der Waals surface area contributed by atoms with Crippen LogP contribution in [0.3, 0.4) is 0 Å². The number of likely N-dealkylation sites (N-methyl/N-ethyl adjacent to an activating group) is 1. The number of hydrogen-bond donors (Lipinski definition) is 0. The fourth-order valence-electron chi connectivity index (χ4n) is 6.13. The molecule has 0 saturated carbocycles. The fourth-order valence-corrected chi connectivity index (χ4v) is 6.13. The number of carbonyl (C=O) groups is 3. The van der Waals surface area contributed by atoms with Gasteiger partial charge in [0.1, 0.15) is 29.0 Å². The molecule has 11 nitrogen and oxygen atoms in total. The van der Waals surface area contributed by atoms with Crippen molar-refractivity contribution in [2.75, 3.05) is 35.3 Å². The van der Waals surface area contributed by atoms with E-state index in [2.05, 4.69) is 9.97 Å². The number of nitrogens with zero attached hydrogens (tertiary/aromatic N) is 7. The van der Waals surface area contributed by atoms with Gasteiger partial charge in [0, 0.05) is 39.3 Å². The van der Waals surface area contributed by atoms with Crippen molar-refractivity contribution in [3.8, 4) is 0 Å². The summed E-state index contributed by atoms with van der Waals surface area (Å²) in [5.74, 6) is -1.38. The van der Waals surface area contributed by atoms with Crippen LogP contribution in [-0.4, -0.2) is 69.6 Å². The molecule has 1 unspecified atom stereocenters. The van der Waals surface area contributed by atoms with Gasteiger partial charge in [-0.3, -0.25) is 19.4 Å². The number of imidazole rings is 1. The Hall–Kier alpha value is -4.69. The number of alkyl halides is 3. The van der Waals surface area contributed by atoms with Crippen molar-refractivity contribution in [3.05, 3.63) is 64.6 Å². The summed E-state index contributed by atoms with van der Waals surface area (Å²) in [6.07, 6.45) is -5.10. The van der Waals surface area contributed by atoms with Gasteiger partial charge in [-0.2, -0.15) is 17.6 Å². The summed E-state index contributed by atoms with van der Waals surface area (Å²) < 4.78 is 63.3. The number of ether oxygens (including phenoxy) is 1. The first-order chi connectivity index (χ1) is 22.4. The number of amides is 3. The quantitative estimate of drug-likeness (QED) is 0.314. The lowest BCUT2D eigenvalue weighted by molar-refractivity contribution is -0.137. The largest absolute Gasteiger partial charge is 0.444 e. The molecule has 1 atom stereocenters. The molecule has 1 saturated heterocycles. The van der Waals surface area contributed by atoms with E-state index in [-0.39, 0.29) is 56.2 Å². The number of pyridine rings is 1. The summed E-state index contributed by atoms with van der Waals surface area (Å²) in [5.41, 5.74) is 0.395. The predicted molar refractivity (Wildman–Crippen MR) is 170 cm³/mol. The maximum absolute atomic E-state index is 15.6. The predicted octanol–water partition coefficient (Wildman–Crippen LogP) is 5.60. The van der Waals surface area contributed by atoms with E-state index in [1.165, 1.54) is 28.3 Å². The zero-order chi connectivity index (χ0) is 35.3. The highest BCUT2D eigenvalue weighted by Gasteiger charge is 2.41. The van der Waals surface area contributed by atoms with Crippen LogP contribution in [0.1, 0.15) is 62.0 Å². The van der Waals surface area contributed by atoms with Gasteiger partial charge in [-0.1, -0.05) is 12.1 Å². The van der Waals surface area contributed by atoms with Crippen molar-refractivity contribution in [2.45, 2.75) is 84.9 Å². The van der Waals surface area contributed by atoms with E-state index in [1.54, 1.807) is 44.9 Å². The van der Waals surface area contributed by atoms with Crippen LogP contribution in [0.5, 0.6) is 0 Å². The first kappa shape index (κ1) is 34.6. The Kier molecular flexibility index (Phi) is 9.19. The van der Waals surface area contributed by atoms with Gasteiger partial charge in [-0.15, -0.1) is 0 Å². The number of hydrogen-bond acceptors (Lipinski definition) is 7. The summed E-state index contributed by atoms with van der Waals surface area (Å²) in [6, 6.07) is 5.88. The standard InChI is InChI=1S/C33H39F4N7O4/c1-19-9-8-10-23(41(7)30(46)24-11-12-27(45)44(24)25-16-21(33(35,36)37)15-20(2)38-25)28(19)40(6)17-22-29(34)43-14-13-42(18-26(43)39-22)31(47)48-32(3,4)5/h8-10,15-16,24H,11-14,17-18H2,1-7H3. The molecule has 1 aromatic carbocycles. The molecule has 258 valence electrons. The van der Waals surface area contributed by atoms with Crippen LogP contribution in [0.2, 0.25) is 0 Å². The molecule has 2 aliphatic rings. The fraction of sp³-hybridized carbons (Fsp3) is 0.485. The Morgan fingerprint density at radius 1 is 1.06 bits per heavy atom. The Balaban J connectivity index is 1.39. The Bertz CT molecular complexity index is 1750. The van der Waals surface area contributed by atoms with Gasteiger partial charge in [0.2, 0.25) is 17.8 Å². The molecular weight excluding hydrogens is 634 g/mol. The van der Waals surface area contributed by atoms with Gasteiger partial charge in [-0.25, -0.2) is 14.8 Å². The third kappa shape index (κ3) is 6.95. The van der Waals surface area contributed by atoms with E-state index >= 15 is 4.39 Å². The van der Waals surface area contributed by atoms with E-state index in [9.17, 15) is 27.6 Å². The second-order valence-electron chi connectivity index (χ2n) is 13.2. The lowest BCUT2D eigenvalue weighted by Gasteiger charge is -2.31. The Morgan fingerprint density at radius 2 is 1.77 bits per heavy atom. The summed E-state index contributed by atoms with van der Waals surface area (Å²) in [7, 11) is 3.26. The minimum absolute atomic E-state index is 0.0274. The zero-order valence-corrected chi connectivity index (χ0v) is 28.0. The second kappa shape index (κ2) is 12.7. The molecule has 5 rings (SSSR count). The van der Waals surface area contributed by atoms with E-state index < -0.39 is 47.2 Å². The van der Waals surface area contributed by atoms with Crippen LogP contribution in [-0.2, 0) is 40.1 Å². The van der Waals surface area contributed by atoms with E-state index in [1.807, 2.05) is 13.0 Å². The maximum Gasteiger partial charge on any atom is 0.416 e. The van der Waals surface area contributed by atoms with Crippen LogP contribution in [0, 0.1) is 19.8 Å². The molecule has 0 aliphatic carbocycles. The number of halogens is 4. The van der Waals surface area contributed by atoms with Crippen LogP contribution in [0.25, 0.3) is 0 Å². The van der Waals surface area contributed by atoms with Crippen molar-refractivity contribution in [1.82, 2.24) is 19.4 Å². The van der Waals surface area contributed by atoms with Crippen molar-refractivity contribution < 1.29 is 36.7 Å². The zero-order valence-electron chi connectivity index (χ0n) is 28.0. The van der Waals surface area contributed by atoms with Crippen molar-refractivity contribution in [3.63, 3.8) is 0 Å². The topological polar surface area (TPSA) is 104 Å². The molecular formula is C33H39F4N7O4. The SMILES string of the molecule is Cc1cc(C(F)(F)F)cc(N2C(=O)CCC2C(=O)N(C)c2cccc(C)c2N(C)Cc2nc3n(c2F)CCN(C(=O)OC(C)(C)C)C3)n1. The van der Waals surface area contributed by atoms with Gasteiger partial charge in [-0.05, 0) is 64.8 Å². The highest BCUT2D eigenvalue weighted by molar-refractivity contribution is 6.09. The molecule has 3 amide bonds. The minimum Gasteiger partial charge on any atom is -0.444 e. The lowest BCUT2D eigenvalue weighted by Crippen LogP contribution is -2.46. The third-order valence-corrected chi connectivity index (χ3v) is 8.32. The number of fused-ring (bicyclic) bond motifs is 1. The summed E-state index contributed by atoms with van der Waals surface area (Å²) in [4.78, 5) is 53.9. The normalized spacial score (nSPS) is 16.6. The molecule has 2 aromatic heterocycles. The summed E-state index contributed by atoms with van der Waals surface area (Å²) in [6.45, 7) is 9.12. The number of benzene rings is 1. The van der Waals surface area contributed by atoms with Gasteiger partial charge in [0.15, 0.2) is 0 Å². The molecule has 1 fully saturated rings. The minimum atomic E-state index is -4.66. The molecule has 4 heterocycles. The van der Waals surface area contributed by atoms with E-state index in [0.29, 0.717) is 17.2 Å². The smallest absolute Gasteiger partial charge is 0.416 e. The lowest BCUT2D eigenvalue weighted by atomic mass is 10.1. The van der Waals surface area contributed by atoms with Crippen molar-refractivity contribution in [2.24, 2.45) is 0 Å². The molecule has 48 heavy (non-hydrogen) atoms. The van der Waals surface area contributed by atoms with Crippen LogP contribution in [0.15, 0.2) is 30.3 Å². The van der Waals surface area contributed by atoms with Crippen molar-refractivity contribution in [1.29, 1.82) is 0 Å². The number of anilines is 3. The van der Waals surface area contributed by atoms with Gasteiger partial charge in [0.25, 0.3) is 0 Å². The van der Waals surface area contributed by atoms with Crippen LogP contribution >= 0.6 is 0 Å². The van der Waals surface area contributed by atoms with Gasteiger partial charge >= 0.3 is 12.3 Å². The van der Waals surface area contributed by atoms with E-state index in [4.69, 9.17) is 4.74 Å². The second-order valence-corrected chi connectivity index (χ2v) is 13.2. The summed E-state index contributed by atoms with van der Waals surface area (Å²) in [5, 5.41) is 0. The number of para-hydroxylation sites is 1. The Morgan fingerprint density at radius 3 is 2.44 bits per heavy atom. The third-order valence-electron chi connectivity index (χ3n) is 8.32. The van der Waals surface area contributed by atoms with Crippen LogP contribution < -0.4 is 14.7 Å².